The van der Waals surface area contributed by atoms with Crippen molar-refractivity contribution in [2.75, 3.05) is 5.32 Å². The van der Waals surface area contributed by atoms with Crippen LogP contribution in [0.1, 0.15) is 31.0 Å². The summed E-state index contributed by atoms with van der Waals surface area (Å²) < 4.78 is 20.2. The van der Waals surface area contributed by atoms with Gasteiger partial charge >= 0.3 is 0 Å². The number of hydrogen-bond donors (Lipinski definition) is 1. The molecule has 2 heterocycles. The molecular weight excluding hydrogens is 271 g/mol. The van der Waals surface area contributed by atoms with Crippen LogP contribution < -0.4 is 5.32 Å². The first kappa shape index (κ1) is 13.6. The van der Waals surface area contributed by atoms with Crippen molar-refractivity contribution in [1.82, 2.24) is 14.7 Å². The van der Waals surface area contributed by atoms with Gasteiger partial charge in [0, 0.05) is 25.2 Å². The lowest BCUT2D eigenvalue weighted by Gasteiger charge is -2.07. The molecular formula is C15H17FN4O. The molecule has 0 spiro atoms. The molecule has 0 bridgehead atoms. The molecule has 0 amide bonds. The summed E-state index contributed by atoms with van der Waals surface area (Å²) in [6, 6.07) is 4.59. The zero-order valence-electron chi connectivity index (χ0n) is 12.2. The minimum atomic E-state index is -0.284. The summed E-state index contributed by atoms with van der Waals surface area (Å²) in [6.45, 7) is 4.70. The maximum Gasteiger partial charge on any atom is 0.203 e. The number of aromatic nitrogens is 3. The molecule has 0 atom stereocenters. The molecule has 2 aromatic heterocycles. The molecule has 0 aliphatic rings. The van der Waals surface area contributed by atoms with Gasteiger partial charge in [0.25, 0.3) is 0 Å². The Kier molecular flexibility index (Phi) is 3.37. The average Bonchev–Trinajstić information content (AvgIpc) is 3.01. The van der Waals surface area contributed by atoms with Gasteiger partial charge in [0.2, 0.25) is 5.95 Å². The van der Waals surface area contributed by atoms with E-state index in [1.165, 1.54) is 12.1 Å². The number of aryl methyl sites for hydroxylation is 1. The lowest BCUT2D eigenvalue weighted by Crippen LogP contribution is -2.06. The summed E-state index contributed by atoms with van der Waals surface area (Å²) in [5.74, 6) is 0.704. The van der Waals surface area contributed by atoms with Gasteiger partial charge in [0.05, 0.1) is 16.7 Å². The van der Waals surface area contributed by atoms with E-state index in [4.69, 9.17) is 4.52 Å². The maximum atomic E-state index is 13.2. The summed E-state index contributed by atoms with van der Waals surface area (Å²) in [6.07, 6.45) is 1.64. The van der Waals surface area contributed by atoms with Gasteiger partial charge in [-0.05, 0) is 18.1 Å². The van der Waals surface area contributed by atoms with Crippen LogP contribution in [0, 0.1) is 5.82 Å². The van der Waals surface area contributed by atoms with Gasteiger partial charge in [-0.25, -0.2) is 9.37 Å². The monoisotopic (exact) mass is 288 g/mol. The van der Waals surface area contributed by atoms with E-state index in [-0.39, 0.29) is 5.82 Å². The number of nitrogens with zero attached hydrogens (tertiary/aromatic N) is 3. The molecule has 0 aliphatic heterocycles. The normalized spacial score (nSPS) is 11.5. The Morgan fingerprint density at radius 3 is 2.95 bits per heavy atom. The van der Waals surface area contributed by atoms with Crippen LogP contribution in [0.25, 0.3) is 11.0 Å². The van der Waals surface area contributed by atoms with Crippen LogP contribution in [0.5, 0.6) is 0 Å². The van der Waals surface area contributed by atoms with Crippen molar-refractivity contribution in [3.8, 4) is 0 Å². The predicted octanol–water partition coefficient (Wildman–Crippen LogP) is 3.44. The van der Waals surface area contributed by atoms with E-state index in [0.717, 1.165) is 16.8 Å². The van der Waals surface area contributed by atoms with Crippen molar-refractivity contribution >= 4 is 17.0 Å². The molecule has 6 heteroatoms. The molecule has 0 unspecified atom stereocenters. The summed E-state index contributed by atoms with van der Waals surface area (Å²) in [5, 5.41) is 7.26. The molecule has 21 heavy (non-hydrogen) atoms. The first-order chi connectivity index (χ1) is 10.1. The Hall–Kier alpha value is -2.37. The molecule has 3 aromatic rings. The lowest BCUT2D eigenvalue weighted by molar-refractivity contribution is 0.408. The van der Waals surface area contributed by atoms with Crippen molar-refractivity contribution in [1.29, 1.82) is 0 Å². The number of nitrogens with one attached hydrogen (secondary N) is 1. The number of hydrogen-bond acceptors (Lipinski definition) is 4. The van der Waals surface area contributed by atoms with Crippen LogP contribution in [0.3, 0.4) is 0 Å². The third-order valence-electron chi connectivity index (χ3n) is 3.50. The van der Waals surface area contributed by atoms with Crippen LogP contribution in [0.15, 0.2) is 29.0 Å². The molecule has 0 aliphatic carbocycles. The molecule has 1 aromatic carbocycles. The topological polar surface area (TPSA) is 55.9 Å². The van der Waals surface area contributed by atoms with Crippen LogP contribution in [0.2, 0.25) is 0 Å². The Morgan fingerprint density at radius 2 is 2.19 bits per heavy atom. The minimum Gasteiger partial charge on any atom is -0.364 e. The van der Waals surface area contributed by atoms with E-state index < -0.39 is 0 Å². The van der Waals surface area contributed by atoms with Crippen LogP contribution >= 0.6 is 0 Å². The fraction of sp³-hybridized carbons (Fsp3) is 0.333. The number of halogens is 1. The highest BCUT2D eigenvalue weighted by Gasteiger charge is 2.13. The second-order valence-corrected chi connectivity index (χ2v) is 5.36. The third kappa shape index (κ3) is 2.49. The van der Waals surface area contributed by atoms with Crippen molar-refractivity contribution in [3.63, 3.8) is 0 Å². The molecule has 5 nitrogen and oxygen atoms in total. The van der Waals surface area contributed by atoms with Gasteiger partial charge < -0.3 is 14.4 Å². The lowest BCUT2D eigenvalue weighted by atomic mass is 10.1. The highest BCUT2D eigenvalue weighted by atomic mass is 19.1. The fourth-order valence-electron chi connectivity index (χ4n) is 2.38. The van der Waals surface area contributed by atoms with Gasteiger partial charge in [-0.15, -0.1) is 0 Å². The molecule has 0 fully saturated rings. The molecule has 3 rings (SSSR count). The SMILES string of the molecule is CC(C)c1nocc1CNc1nc2cc(F)ccc2n1C. The van der Waals surface area contributed by atoms with Crippen molar-refractivity contribution in [3.05, 3.63) is 41.5 Å². The highest BCUT2D eigenvalue weighted by molar-refractivity contribution is 5.78. The molecule has 0 saturated carbocycles. The van der Waals surface area contributed by atoms with Crippen LogP contribution in [-0.2, 0) is 13.6 Å². The zero-order chi connectivity index (χ0) is 15.0. The highest BCUT2D eigenvalue weighted by Crippen LogP contribution is 2.21. The zero-order valence-corrected chi connectivity index (χ0v) is 12.2. The van der Waals surface area contributed by atoms with Crippen LogP contribution in [-0.4, -0.2) is 14.7 Å². The summed E-state index contributed by atoms with van der Waals surface area (Å²) in [5.41, 5.74) is 3.46. The van der Waals surface area contributed by atoms with Crippen molar-refractivity contribution < 1.29 is 8.91 Å². The Morgan fingerprint density at radius 1 is 1.38 bits per heavy atom. The number of benzene rings is 1. The molecule has 1 N–H and O–H groups in total. The van der Waals surface area contributed by atoms with Gasteiger partial charge in [0.1, 0.15) is 12.1 Å². The van der Waals surface area contributed by atoms with Gasteiger partial charge in [-0.2, -0.15) is 0 Å². The van der Waals surface area contributed by atoms with Gasteiger partial charge in [-0.1, -0.05) is 19.0 Å². The summed E-state index contributed by atoms with van der Waals surface area (Å²) in [7, 11) is 1.90. The van der Waals surface area contributed by atoms with E-state index in [9.17, 15) is 4.39 Å². The first-order valence-electron chi connectivity index (χ1n) is 6.85. The standard InChI is InChI=1S/C15H17FN4O/c1-9(2)14-10(8-21-19-14)7-17-15-18-12-6-11(16)4-5-13(12)20(15)3/h4-6,8-9H,7H2,1-3H3,(H,17,18). The second kappa shape index (κ2) is 5.20. The van der Waals surface area contributed by atoms with Crippen LogP contribution in [0.4, 0.5) is 10.3 Å². The van der Waals surface area contributed by atoms with Crippen molar-refractivity contribution in [2.45, 2.75) is 26.3 Å². The third-order valence-corrected chi connectivity index (χ3v) is 3.50. The van der Waals surface area contributed by atoms with Gasteiger partial charge in [0.15, 0.2) is 0 Å². The molecule has 0 radical (unpaired) electrons. The van der Waals surface area contributed by atoms with E-state index in [1.54, 1.807) is 12.3 Å². The Balaban J connectivity index is 1.85. The molecule has 0 saturated heterocycles. The number of anilines is 1. The van der Waals surface area contributed by atoms with E-state index in [1.807, 2.05) is 11.6 Å². The summed E-state index contributed by atoms with van der Waals surface area (Å²) in [4.78, 5) is 4.41. The maximum absolute atomic E-state index is 13.2. The smallest absolute Gasteiger partial charge is 0.203 e. The van der Waals surface area contributed by atoms with E-state index in [0.29, 0.717) is 23.9 Å². The average molecular weight is 288 g/mol. The van der Waals surface area contributed by atoms with E-state index in [2.05, 4.69) is 29.3 Å². The number of fused-ring (bicyclic) bond motifs is 1. The quantitative estimate of drug-likeness (QED) is 0.799. The van der Waals surface area contributed by atoms with Crippen molar-refractivity contribution in [2.24, 2.45) is 7.05 Å². The molecule has 110 valence electrons. The largest absolute Gasteiger partial charge is 0.364 e. The van der Waals surface area contributed by atoms with Gasteiger partial charge in [-0.3, -0.25) is 0 Å². The number of imidazole rings is 1. The minimum absolute atomic E-state index is 0.284. The Labute approximate surface area is 121 Å². The number of rotatable bonds is 4. The Bertz CT molecular complexity index is 775. The predicted molar refractivity (Wildman–Crippen MR) is 78.6 cm³/mol. The first-order valence-corrected chi connectivity index (χ1v) is 6.85. The van der Waals surface area contributed by atoms with E-state index >= 15 is 0 Å². The second-order valence-electron chi connectivity index (χ2n) is 5.36. The summed E-state index contributed by atoms with van der Waals surface area (Å²) >= 11 is 0. The fourth-order valence-corrected chi connectivity index (χ4v) is 2.38.